The maximum Gasteiger partial charge on any atom is 0.269 e. The summed E-state index contributed by atoms with van der Waals surface area (Å²) in [5.74, 6) is 1.79. The molecule has 0 aliphatic carbocycles. The molecular formula is C28H27N3O6. The highest BCUT2D eigenvalue weighted by Gasteiger charge is 2.28. The molecule has 1 aromatic heterocycles. The summed E-state index contributed by atoms with van der Waals surface area (Å²) in [6, 6.07) is 20.7. The lowest BCUT2D eigenvalue weighted by Crippen LogP contribution is -2.40. The van der Waals surface area contributed by atoms with E-state index in [9.17, 15) is 4.79 Å². The molecule has 2 heterocycles. The highest BCUT2D eigenvalue weighted by Crippen LogP contribution is 2.36. The molecular weight excluding hydrogens is 474 g/mol. The first-order chi connectivity index (χ1) is 18.2. The standard InChI is InChI=1S/C28H27N3O6/c1-33-22-8-10-24-26(14-22)37-27(18-36-24)28(32)31-23-9-7-20(21-15-29-30-16-21)13-25(23)35-12-11-34-17-19-5-3-2-4-6-19/h2-10,13-16,27H,11-12,17-18H2,1H3,(H,29,30)(H,31,32). The van der Waals surface area contributed by atoms with Gasteiger partial charge in [0.25, 0.3) is 5.91 Å². The van der Waals surface area contributed by atoms with Crippen LogP contribution in [-0.4, -0.2) is 49.1 Å². The van der Waals surface area contributed by atoms with Gasteiger partial charge in [-0.3, -0.25) is 9.89 Å². The number of anilines is 1. The Kier molecular flexibility index (Phi) is 7.52. The van der Waals surface area contributed by atoms with Crippen LogP contribution in [0, 0.1) is 0 Å². The number of nitrogens with zero attached hydrogens (tertiary/aromatic N) is 1. The third-order valence-electron chi connectivity index (χ3n) is 5.77. The monoisotopic (exact) mass is 501 g/mol. The SMILES string of the molecule is COc1ccc2c(c1)OC(C(=O)Nc1ccc(-c3cn[nH]c3)cc1OCCOCc1ccccc1)CO2. The van der Waals surface area contributed by atoms with Crippen molar-refractivity contribution in [3.8, 4) is 34.1 Å². The predicted octanol–water partition coefficient (Wildman–Crippen LogP) is 4.46. The summed E-state index contributed by atoms with van der Waals surface area (Å²) in [6.07, 6.45) is 2.67. The van der Waals surface area contributed by atoms with Crippen molar-refractivity contribution in [2.45, 2.75) is 12.7 Å². The number of carbonyl (C=O) groups is 1. The molecule has 0 saturated heterocycles. The molecule has 2 N–H and O–H groups in total. The predicted molar refractivity (Wildman–Crippen MR) is 137 cm³/mol. The van der Waals surface area contributed by atoms with Crippen LogP contribution in [0.1, 0.15) is 5.56 Å². The Morgan fingerprint density at radius 2 is 1.95 bits per heavy atom. The van der Waals surface area contributed by atoms with Gasteiger partial charge < -0.3 is 29.0 Å². The summed E-state index contributed by atoms with van der Waals surface area (Å²) in [5, 5.41) is 9.74. The number of ether oxygens (including phenoxy) is 5. The average Bonchev–Trinajstić information content (AvgIpc) is 3.49. The molecule has 0 bridgehead atoms. The number of H-pyrrole nitrogens is 1. The van der Waals surface area contributed by atoms with E-state index in [4.69, 9.17) is 23.7 Å². The largest absolute Gasteiger partial charge is 0.497 e. The molecule has 1 amide bonds. The highest BCUT2D eigenvalue weighted by molar-refractivity contribution is 5.96. The molecule has 9 heteroatoms. The molecule has 0 fully saturated rings. The smallest absolute Gasteiger partial charge is 0.269 e. The number of hydrogen-bond donors (Lipinski definition) is 2. The van der Waals surface area contributed by atoms with E-state index >= 15 is 0 Å². The third-order valence-corrected chi connectivity index (χ3v) is 5.77. The Morgan fingerprint density at radius 1 is 1.05 bits per heavy atom. The van der Waals surface area contributed by atoms with Gasteiger partial charge in [0.05, 0.1) is 32.2 Å². The van der Waals surface area contributed by atoms with Gasteiger partial charge in [0, 0.05) is 17.8 Å². The molecule has 37 heavy (non-hydrogen) atoms. The van der Waals surface area contributed by atoms with E-state index < -0.39 is 6.10 Å². The molecule has 0 spiro atoms. The van der Waals surface area contributed by atoms with Crippen molar-refractivity contribution in [3.05, 3.63) is 84.7 Å². The summed E-state index contributed by atoms with van der Waals surface area (Å²) in [7, 11) is 1.57. The van der Waals surface area contributed by atoms with Gasteiger partial charge in [0.1, 0.15) is 24.7 Å². The van der Waals surface area contributed by atoms with Crippen molar-refractivity contribution in [3.63, 3.8) is 0 Å². The van der Waals surface area contributed by atoms with Crippen LogP contribution in [0.4, 0.5) is 5.69 Å². The Labute approximate surface area is 214 Å². The highest BCUT2D eigenvalue weighted by atomic mass is 16.6. The van der Waals surface area contributed by atoms with Gasteiger partial charge in [0.15, 0.2) is 11.5 Å². The first-order valence-corrected chi connectivity index (χ1v) is 11.9. The molecule has 9 nitrogen and oxygen atoms in total. The topological polar surface area (TPSA) is 104 Å². The minimum absolute atomic E-state index is 0.0851. The zero-order chi connectivity index (χ0) is 25.5. The summed E-state index contributed by atoms with van der Waals surface area (Å²) in [6.45, 7) is 1.27. The zero-order valence-corrected chi connectivity index (χ0v) is 20.3. The van der Waals surface area contributed by atoms with Crippen LogP contribution in [0.15, 0.2) is 79.1 Å². The molecule has 1 atom stereocenters. The Morgan fingerprint density at radius 3 is 2.76 bits per heavy atom. The maximum atomic E-state index is 13.1. The van der Waals surface area contributed by atoms with Gasteiger partial charge in [-0.05, 0) is 35.4 Å². The van der Waals surface area contributed by atoms with Crippen molar-refractivity contribution in [1.82, 2.24) is 10.2 Å². The summed E-state index contributed by atoms with van der Waals surface area (Å²) in [4.78, 5) is 13.1. The second kappa shape index (κ2) is 11.5. The maximum absolute atomic E-state index is 13.1. The van der Waals surface area contributed by atoms with Gasteiger partial charge in [-0.15, -0.1) is 0 Å². The lowest BCUT2D eigenvalue weighted by molar-refractivity contribution is -0.125. The van der Waals surface area contributed by atoms with Gasteiger partial charge in [-0.25, -0.2) is 0 Å². The number of rotatable bonds is 10. The zero-order valence-electron chi connectivity index (χ0n) is 20.3. The summed E-state index contributed by atoms with van der Waals surface area (Å²) in [5.41, 5.74) is 3.40. The minimum Gasteiger partial charge on any atom is -0.497 e. The Hall–Kier alpha value is -4.50. The molecule has 0 radical (unpaired) electrons. The number of aromatic nitrogens is 2. The molecule has 1 aliphatic heterocycles. The number of hydrogen-bond acceptors (Lipinski definition) is 7. The van der Waals surface area contributed by atoms with Crippen molar-refractivity contribution in [2.75, 3.05) is 32.2 Å². The van der Waals surface area contributed by atoms with Crippen LogP contribution in [0.5, 0.6) is 23.0 Å². The second-order valence-corrected chi connectivity index (χ2v) is 8.30. The van der Waals surface area contributed by atoms with Crippen LogP contribution in [0.3, 0.4) is 0 Å². The van der Waals surface area contributed by atoms with Gasteiger partial charge >= 0.3 is 0 Å². The molecule has 3 aromatic carbocycles. The lowest BCUT2D eigenvalue weighted by atomic mass is 10.1. The van der Waals surface area contributed by atoms with Crippen molar-refractivity contribution >= 4 is 11.6 Å². The van der Waals surface area contributed by atoms with E-state index in [0.29, 0.717) is 48.5 Å². The number of nitrogens with one attached hydrogen (secondary N) is 2. The molecule has 4 aromatic rings. The number of fused-ring (bicyclic) bond motifs is 1. The number of aromatic amines is 1. The minimum atomic E-state index is -0.838. The van der Waals surface area contributed by atoms with Crippen molar-refractivity contribution in [1.29, 1.82) is 0 Å². The van der Waals surface area contributed by atoms with Crippen molar-refractivity contribution in [2.24, 2.45) is 0 Å². The fourth-order valence-corrected chi connectivity index (χ4v) is 3.83. The summed E-state index contributed by atoms with van der Waals surface area (Å²) < 4.78 is 28.6. The molecule has 1 aliphatic rings. The van der Waals surface area contributed by atoms with E-state index in [0.717, 1.165) is 16.7 Å². The quantitative estimate of drug-likeness (QED) is 0.309. The van der Waals surface area contributed by atoms with E-state index in [1.165, 1.54) is 0 Å². The molecule has 1 unspecified atom stereocenters. The molecule has 5 rings (SSSR count). The third kappa shape index (κ3) is 6.02. The van der Waals surface area contributed by atoms with Crippen LogP contribution < -0.4 is 24.3 Å². The number of carbonyl (C=O) groups excluding carboxylic acids is 1. The van der Waals surface area contributed by atoms with Gasteiger partial charge in [0.2, 0.25) is 6.10 Å². The van der Waals surface area contributed by atoms with E-state index in [1.54, 1.807) is 43.8 Å². The van der Waals surface area contributed by atoms with Gasteiger partial charge in [-0.1, -0.05) is 36.4 Å². The molecule has 190 valence electrons. The number of benzene rings is 3. The van der Waals surface area contributed by atoms with Crippen LogP contribution in [0.2, 0.25) is 0 Å². The van der Waals surface area contributed by atoms with E-state index in [2.05, 4.69) is 15.5 Å². The first-order valence-electron chi connectivity index (χ1n) is 11.9. The van der Waals surface area contributed by atoms with Gasteiger partial charge in [-0.2, -0.15) is 5.10 Å². The Bertz CT molecular complexity index is 1330. The van der Waals surface area contributed by atoms with Crippen molar-refractivity contribution < 1.29 is 28.5 Å². The fraction of sp³-hybridized carbons (Fsp3) is 0.214. The first kappa shape index (κ1) is 24.2. The number of amides is 1. The van der Waals surface area contributed by atoms with E-state index in [-0.39, 0.29) is 12.5 Å². The lowest BCUT2D eigenvalue weighted by Gasteiger charge is -2.26. The van der Waals surface area contributed by atoms with Crippen LogP contribution in [-0.2, 0) is 16.1 Å². The average molecular weight is 502 g/mol. The summed E-state index contributed by atoms with van der Waals surface area (Å²) >= 11 is 0. The number of methoxy groups -OCH3 is 1. The van der Waals surface area contributed by atoms with Crippen LogP contribution in [0.25, 0.3) is 11.1 Å². The normalized spacial score (nSPS) is 14.1. The van der Waals surface area contributed by atoms with E-state index in [1.807, 2.05) is 42.5 Å². The fourth-order valence-electron chi connectivity index (χ4n) is 3.83. The van der Waals surface area contributed by atoms with Crippen LogP contribution >= 0.6 is 0 Å². The molecule has 0 saturated carbocycles. The Balaban J connectivity index is 1.25. The second-order valence-electron chi connectivity index (χ2n) is 8.30.